The van der Waals surface area contributed by atoms with Crippen molar-refractivity contribution >= 4 is 16.8 Å². The van der Waals surface area contributed by atoms with Gasteiger partial charge >= 0.3 is 0 Å². The van der Waals surface area contributed by atoms with E-state index in [4.69, 9.17) is 14.5 Å². The first-order chi connectivity index (χ1) is 15.1. The minimum atomic E-state index is 0.0666. The number of nitrogens with zero attached hydrogens (tertiary/aromatic N) is 3. The summed E-state index contributed by atoms with van der Waals surface area (Å²) in [6, 6.07) is 15.4. The first-order valence-corrected chi connectivity index (χ1v) is 10.9. The van der Waals surface area contributed by atoms with Gasteiger partial charge in [0.1, 0.15) is 11.5 Å². The molecule has 2 heterocycles. The van der Waals surface area contributed by atoms with Gasteiger partial charge in [-0.1, -0.05) is 19.1 Å². The lowest BCUT2D eigenvalue weighted by atomic mass is 10.1. The number of aromatic nitrogens is 1. The number of benzene rings is 2. The van der Waals surface area contributed by atoms with Gasteiger partial charge in [-0.2, -0.15) is 0 Å². The lowest BCUT2D eigenvalue weighted by molar-refractivity contribution is 0.0643. The molecule has 1 aromatic heterocycles. The third kappa shape index (κ3) is 4.49. The van der Waals surface area contributed by atoms with Crippen LogP contribution < -0.4 is 9.47 Å². The molecule has 1 amide bonds. The second-order valence-corrected chi connectivity index (χ2v) is 7.63. The molecule has 4 rings (SSSR count). The molecule has 1 aliphatic rings. The first-order valence-electron chi connectivity index (χ1n) is 10.9. The molecule has 6 heteroatoms. The summed E-state index contributed by atoms with van der Waals surface area (Å²) in [6.45, 7) is 9.04. The molecule has 0 radical (unpaired) electrons. The summed E-state index contributed by atoms with van der Waals surface area (Å²) in [4.78, 5) is 22.2. The molecule has 0 atom stereocenters. The molecule has 2 aromatic carbocycles. The lowest BCUT2D eigenvalue weighted by Crippen LogP contribution is -2.48. The summed E-state index contributed by atoms with van der Waals surface area (Å²) in [5.41, 5.74) is 3.24. The Labute approximate surface area is 183 Å². The Hall–Kier alpha value is -3.12. The molecule has 0 N–H and O–H groups in total. The maximum Gasteiger partial charge on any atom is 0.253 e. The van der Waals surface area contributed by atoms with E-state index in [0.29, 0.717) is 12.2 Å². The van der Waals surface area contributed by atoms with Crippen molar-refractivity contribution in [2.24, 2.45) is 0 Å². The highest BCUT2D eigenvalue weighted by atomic mass is 16.5. The van der Waals surface area contributed by atoms with Gasteiger partial charge in [-0.25, -0.2) is 4.98 Å². The van der Waals surface area contributed by atoms with Crippen molar-refractivity contribution in [3.63, 3.8) is 0 Å². The third-order valence-corrected chi connectivity index (χ3v) is 5.79. The van der Waals surface area contributed by atoms with Crippen molar-refractivity contribution in [2.75, 3.05) is 46.4 Å². The fourth-order valence-electron chi connectivity index (χ4n) is 3.98. The second-order valence-electron chi connectivity index (χ2n) is 7.63. The van der Waals surface area contributed by atoms with Gasteiger partial charge in [-0.15, -0.1) is 0 Å². The number of carbonyl (C=O) groups is 1. The predicted octanol–water partition coefficient (Wildman–Crippen LogP) is 4.09. The van der Waals surface area contributed by atoms with Gasteiger partial charge in [-0.3, -0.25) is 4.79 Å². The van der Waals surface area contributed by atoms with Gasteiger partial charge in [-0.05, 0) is 43.8 Å². The van der Waals surface area contributed by atoms with Crippen LogP contribution in [0.5, 0.6) is 11.5 Å². The minimum absolute atomic E-state index is 0.0666. The fraction of sp³-hybridized carbons (Fsp3) is 0.360. The number of hydrogen-bond donors (Lipinski definition) is 0. The molecule has 31 heavy (non-hydrogen) atoms. The van der Waals surface area contributed by atoms with E-state index < -0.39 is 0 Å². The average Bonchev–Trinajstić information content (AvgIpc) is 2.83. The van der Waals surface area contributed by atoms with Crippen molar-refractivity contribution in [1.29, 1.82) is 0 Å². The van der Waals surface area contributed by atoms with Crippen molar-refractivity contribution in [3.05, 3.63) is 54.1 Å². The van der Waals surface area contributed by atoms with Gasteiger partial charge in [0, 0.05) is 48.8 Å². The monoisotopic (exact) mass is 419 g/mol. The first kappa shape index (κ1) is 21.1. The summed E-state index contributed by atoms with van der Waals surface area (Å²) in [6.07, 6.45) is 0. The molecule has 6 nitrogen and oxygen atoms in total. The summed E-state index contributed by atoms with van der Waals surface area (Å²) in [5.74, 6) is 1.58. The molecule has 162 valence electrons. The van der Waals surface area contributed by atoms with E-state index >= 15 is 0 Å². The molecule has 0 saturated carbocycles. The van der Waals surface area contributed by atoms with E-state index in [1.54, 1.807) is 7.11 Å². The molecule has 0 unspecified atom stereocenters. The summed E-state index contributed by atoms with van der Waals surface area (Å²) in [7, 11) is 1.65. The van der Waals surface area contributed by atoms with E-state index in [-0.39, 0.29) is 5.91 Å². The quantitative estimate of drug-likeness (QED) is 0.602. The van der Waals surface area contributed by atoms with Crippen LogP contribution in [0.1, 0.15) is 24.2 Å². The van der Waals surface area contributed by atoms with Crippen LogP contribution in [0.15, 0.2) is 48.5 Å². The lowest BCUT2D eigenvalue weighted by Gasteiger charge is -2.34. The third-order valence-electron chi connectivity index (χ3n) is 5.79. The van der Waals surface area contributed by atoms with Crippen molar-refractivity contribution < 1.29 is 14.3 Å². The highest BCUT2D eigenvalue weighted by Gasteiger charge is 2.22. The number of pyridine rings is 1. The van der Waals surface area contributed by atoms with Gasteiger partial charge in [0.05, 0.1) is 24.9 Å². The van der Waals surface area contributed by atoms with Gasteiger partial charge in [0.2, 0.25) is 0 Å². The summed E-state index contributed by atoms with van der Waals surface area (Å²) < 4.78 is 11.3. The number of piperazine rings is 1. The largest absolute Gasteiger partial charge is 0.497 e. The molecule has 3 aromatic rings. The Morgan fingerprint density at radius 1 is 1.03 bits per heavy atom. The maximum absolute atomic E-state index is 13.1. The van der Waals surface area contributed by atoms with Gasteiger partial charge in [0.25, 0.3) is 5.91 Å². The van der Waals surface area contributed by atoms with E-state index in [9.17, 15) is 4.79 Å². The number of methoxy groups -OCH3 is 1. The van der Waals surface area contributed by atoms with Crippen LogP contribution in [0.4, 0.5) is 0 Å². The number of hydrogen-bond acceptors (Lipinski definition) is 5. The molecule has 1 fully saturated rings. The molecule has 1 saturated heterocycles. The van der Waals surface area contributed by atoms with Gasteiger partial charge in [0.15, 0.2) is 0 Å². The van der Waals surface area contributed by atoms with Crippen LogP contribution in [0, 0.1) is 0 Å². The van der Waals surface area contributed by atoms with Crippen LogP contribution >= 0.6 is 0 Å². The fourth-order valence-corrected chi connectivity index (χ4v) is 3.98. The number of ether oxygens (including phenoxy) is 2. The zero-order chi connectivity index (χ0) is 21.8. The van der Waals surface area contributed by atoms with Crippen LogP contribution in [0.2, 0.25) is 0 Å². The number of rotatable bonds is 6. The zero-order valence-corrected chi connectivity index (χ0v) is 18.4. The Morgan fingerprint density at radius 3 is 2.55 bits per heavy atom. The van der Waals surface area contributed by atoms with E-state index in [0.717, 1.165) is 66.4 Å². The Balaban J connectivity index is 1.69. The highest BCUT2D eigenvalue weighted by molar-refractivity contribution is 6.00. The van der Waals surface area contributed by atoms with Crippen LogP contribution in [0.3, 0.4) is 0 Å². The molecule has 0 aliphatic carbocycles. The number of carbonyl (C=O) groups excluding carboxylic acids is 1. The summed E-state index contributed by atoms with van der Waals surface area (Å²) in [5, 5.41) is 0.853. The number of amides is 1. The minimum Gasteiger partial charge on any atom is -0.497 e. The molecule has 1 aliphatic heterocycles. The zero-order valence-electron chi connectivity index (χ0n) is 18.4. The van der Waals surface area contributed by atoms with Gasteiger partial charge < -0.3 is 19.3 Å². The average molecular weight is 420 g/mol. The predicted molar refractivity (Wildman–Crippen MR) is 123 cm³/mol. The smallest absolute Gasteiger partial charge is 0.253 e. The maximum atomic E-state index is 13.1. The number of fused-ring (bicyclic) bond motifs is 1. The van der Waals surface area contributed by atoms with E-state index in [2.05, 4.69) is 11.8 Å². The normalized spacial score (nSPS) is 14.6. The molecule has 0 bridgehead atoms. The Kier molecular flexibility index (Phi) is 6.37. The van der Waals surface area contributed by atoms with Crippen LogP contribution in [-0.2, 0) is 0 Å². The topological polar surface area (TPSA) is 54.9 Å². The van der Waals surface area contributed by atoms with Crippen molar-refractivity contribution in [3.8, 4) is 22.8 Å². The van der Waals surface area contributed by atoms with Crippen LogP contribution in [0.25, 0.3) is 22.2 Å². The Bertz CT molecular complexity index is 1070. The molecule has 0 spiro atoms. The highest BCUT2D eigenvalue weighted by Crippen LogP contribution is 2.32. The van der Waals surface area contributed by atoms with Crippen LogP contribution in [-0.4, -0.2) is 67.1 Å². The molecular formula is C25H29N3O3. The summed E-state index contributed by atoms with van der Waals surface area (Å²) >= 11 is 0. The molecular weight excluding hydrogens is 390 g/mol. The second kappa shape index (κ2) is 9.35. The van der Waals surface area contributed by atoms with E-state index in [1.807, 2.05) is 60.4 Å². The standard InChI is InChI=1S/C25H29N3O3/c1-4-27-11-13-28(14-12-27)25(29)19-9-10-22-21(16-19)24(31-5-2)17-23(26-22)18-7-6-8-20(15-18)30-3/h6-10,15-17H,4-5,11-14H2,1-3H3. The number of likely N-dealkylation sites (N-methyl/N-ethyl adjacent to an activating group) is 1. The van der Waals surface area contributed by atoms with E-state index in [1.165, 1.54) is 0 Å². The van der Waals surface area contributed by atoms with Crippen molar-refractivity contribution in [1.82, 2.24) is 14.8 Å². The SMILES string of the molecule is CCOc1cc(-c2cccc(OC)c2)nc2ccc(C(=O)N3CCN(CC)CC3)cc12. The van der Waals surface area contributed by atoms with Crippen molar-refractivity contribution in [2.45, 2.75) is 13.8 Å². The Morgan fingerprint density at radius 2 is 1.84 bits per heavy atom.